The van der Waals surface area contributed by atoms with Crippen LogP contribution in [0.3, 0.4) is 0 Å². The molecule has 1 fully saturated rings. The number of ether oxygens (including phenoxy) is 1. The molecule has 8 nitrogen and oxygen atoms in total. The maximum atomic E-state index is 12.9. The number of carbonyl (C=O) groups excluding carboxylic acids is 1. The van der Waals surface area contributed by atoms with Gasteiger partial charge in [-0.15, -0.1) is 0 Å². The molecule has 1 saturated carbocycles. The molecule has 2 aliphatic carbocycles. The zero-order valence-electron chi connectivity index (χ0n) is 16.5. The first-order valence-electron chi connectivity index (χ1n) is 10.2. The lowest BCUT2D eigenvalue weighted by Crippen LogP contribution is -2.31. The van der Waals surface area contributed by atoms with Gasteiger partial charge in [-0.3, -0.25) is 14.0 Å². The van der Waals surface area contributed by atoms with Crippen molar-refractivity contribution in [3.63, 3.8) is 0 Å². The lowest BCUT2D eigenvalue weighted by atomic mass is 9.93. The largest absolute Gasteiger partial charge is 0.383 e. The van der Waals surface area contributed by atoms with Crippen LogP contribution in [-0.2, 0) is 17.7 Å². The zero-order valence-corrected chi connectivity index (χ0v) is 16.5. The first-order chi connectivity index (χ1) is 14.1. The van der Waals surface area contributed by atoms with Crippen LogP contribution in [0.1, 0.15) is 59.4 Å². The van der Waals surface area contributed by atoms with E-state index in [0.717, 1.165) is 43.3 Å². The summed E-state index contributed by atoms with van der Waals surface area (Å²) in [5, 5.41) is 7.82. The molecule has 1 unspecified atom stereocenters. The molecule has 0 radical (unpaired) electrons. The topological polar surface area (TPSA) is 93.9 Å². The predicted octanol–water partition coefficient (Wildman–Crippen LogP) is 2.31. The number of H-pyrrole nitrogens is 1. The minimum Gasteiger partial charge on any atom is -0.383 e. The zero-order chi connectivity index (χ0) is 20.0. The molecular formula is C21H25N5O3. The number of nitrogens with zero attached hydrogens (tertiary/aromatic N) is 3. The Bertz CT molecular complexity index is 1120. The average molecular weight is 395 g/mol. The van der Waals surface area contributed by atoms with Gasteiger partial charge in [-0.1, -0.05) is 0 Å². The van der Waals surface area contributed by atoms with Crippen molar-refractivity contribution in [2.24, 2.45) is 0 Å². The Labute approximate surface area is 167 Å². The second-order valence-corrected chi connectivity index (χ2v) is 7.98. The number of nitrogens with one attached hydrogen (secondary N) is 2. The van der Waals surface area contributed by atoms with E-state index < -0.39 is 0 Å². The van der Waals surface area contributed by atoms with E-state index in [1.165, 1.54) is 5.56 Å². The monoisotopic (exact) mass is 395 g/mol. The van der Waals surface area contributed by atoms with E-state index in [2.05, 4.69) is 21.6 Å². The first kappa shape index (κ1) is 18.2. The Balaban J connectivity index is 1.37. The molecule has 29 heavy (non-hydrogen) atoms. The standard InChI is InChI=1S/C21H25N5O3/c1-29-10-9-25-12-14-3-2-4-16(19(14)24-25)22-20(27)13-5-8-18-17(11-13)23-21(28)26(18)15-6-7-15/h5,8,11-12,15-16H,2-4,6-7,9-10H2,1H3,(H,22,27)(H,23,28). The fourth-order valence-corrected chi connectivity index (χ4v) is 4.25. The van der Waals surface area contributed by atoms with Gasteiger partial charge in [0, 0.05) is 24.9 Å². The van der Waals surface area contributed by atoms with E-state index in [1.807, 2.05) is 10.7 Å². The SMILES string of the molecule is COCCn1cc2c(n1)C(NC(=O)c1ccc3c(c1)[nH]c(=O)n3C1CC1)CCC2. The fraction of sp³-hybridized carbons (Fsp3) is 0.476. The van der Waals surface area contributed by atoms with E-state index in [1.54, 1.807) is 23.8 Å². The van der Waals surface area contributed by atoms with Crippen LogP contribution in [0, 0.1) is 0 Å². The van der Waals surface area contributed by atoms with Crippen LogP contribution < -0.4 is 11.0 Å². The molecule has 2 aromatic heterocycles. The number of hydrogen-bond acceptors (Lipinski definition) is 4. The second-order valence-electron chi connectivity index (χ2n) is 7.98. The van der Waals surface area contributed by atoms with Crippen LogP contribution in [0.5, 0.6) is 0 Å². The Kier molecular flexibility index (Phi) is 4.50. The van der Waals surface area contributed by atoms with E-state index in [4.69, 9.17) is 4.74 Å². The molecule has 0 saturated heterocycles. The molecule has 1 aromatic carbocycles. The van der Waals surface area contributed by atoms with Crippen molar-refractivity contribution >= 4 is 16.9 Å². The minimum absolute atomic E-state index is 0.0964. The van der Waals surface area contributed by atoms with E-state index in [-0.39, 0.29) is 17.6 Å². The summed E-state index contributed by atoms with van der Waals surface area (Å²) in [4.78, 5) is 28.0. The van der Waals surface area contributed by atoms with Gasteiger partial charge in [0.25, 0.3) is 5.91 Å². The molecule has 1 atom stereocenters. The van der Waals surface area contributed by atoms with Crippen LogP contribution >= 0.6 is 0 Å². The summed E-state index contributed by atoms with van der Waals surface area (Å²) >= 11 is 0. The predicted molar refractivity (Wildman–Crippen MR) is 108 cm³/mol. The van der Waals surface area contributed by atoms with E-state index >= 15 is 0 Å². The molecular weight excluding hydrogens is 370 g/mol. The molecule has 0 aliphatic heterocycles. The number of carbonyl (C=O) groups is 1. The normalized spacial score (nSPS) is 18.7. The molecule has 2 aliphatic rings. The van der Waals surface area contributed by atoms with Crippen LogP contribution in [0.15, 0.2) is 29.2 Å². The number of aromatic amines is 1. The molecule has 2 N–H and O–H groups in total. The number of aryl methyl sites for hydroxylation is 1. The van der Waals surface area contributed by atoms with Crippen LogP contribution in [0.25, 0.3) is 11.0 Å². The number of benzene rings is 1. The summed E-state index contributed by atoms with van der Waals surface area (Å²) in [7, 11) is 1.68. The summed E-state index contributed by atoms with van der Waals surface area (Å²) in [6.07, 6.45) is 7.01. The maximum Gasteiger partial charge on any atom is 0.326 e. The van der Waals surface area contributed by atoms with Crippen LogP contribution in [0.2, 0.25) is 0 Å². The van der Waals surface area contributed by atoms with Crippen molar-refractivity contribution in [3.8, 4) is 0 Å². The van der Waals surface area contributed by atoms with Crippen molar-refractivity contribution in [1.29, 1.82) is 0 Å². The number of aromatic nitrogens is 4. The molecule has 0 spiro atoms. The molecule has 0 bridgehead atoms. The molecule has 3 aromatic rings. The molecule has 8 heteroatoms. The highest BCUT2D eigenvalue weighted by atomic mass is 16.5. The molecule has 152 valence electrons. The van der Waals surface area contributed by atoms with Gasteiger partial charge >= 0.3 is 5.69 Å². The summed E-state index contributed by atoms with van der Waals surface area (Å²) in [5.41, 5.74) is 4.17. The highest BCUT2D eigenvalue weighted by molar-refractivity contribution is 5.97. The maximum absolute atomic E-state index is 12.9. The number of amides is 1. The smallest absolute Gasteiger partial charge is 0.326 e. The summed E-state index contributed by atoms with van der Waals surface area (Å²) < 4.78 is 8.83. The van der Waals surface area contributed by atoms with Gasteiger partial charge in [0.15, 0.2) is 0 Å². The summed E-state index contributed by atoms with van der Waals surface area (Å²) in [6, 6.07) is 5.63. The minimum atomic E-state index is -0.142. The number of fused-ring (bicyclic) bond motifs is 2. The Morgan fingerprint density at radius 1 is 1.34 bits per heavy atom. The van der Waals surface area contributed by atoms with Gasteiger partial charge in [-0.25, -0.2) is 4.79 Å². The molecule has 5 rings (SSSR count). The van der Waals surface area contributed by atoms with Gasteiger partial charge in [0.2, 0.25) is 0 Å². The van der Waals surface area contributed by atoms with Gasteiger partial charge in [0.1, 0.15) is 0 Å². The van der Waals surface area contributed by atoms with Crippen molar-refractivity contribution in [2.45, 2.75) is 50.7 Å². The second kappa shape index (κ2) is 7.18. The average Bonchev–Trinajstić information content (AvgIpc) is 3.36. The highest BCUT2D eigenvalue weighted by Crippen LogP contribution is 2.35. The third kappa shape index (κ3) is 3.37. The first-order valence-corrected chi connectivity index (χ1v) is 10.2. The van der Waals surface area contributed by atoms with Crippen molar-refractivity contribution in [2.75, 3.05) is 13.7 Å². The lowest BCUT2D eigenvalue weighted by molar-refractivity contribution is 0.0931. The number of rotatable bonds is 6. The van der Waals surface area contributed by atoms with Crippen LogP contribution in [-0.4, -0.2) is 39.0 Å². The van der Waals surface area contributed by atoms with Gasteiger partial charge in [-0.2, -0.15) is 5.10 Å². The van der Waals surface area contributed by atoms with Gasteiger partial charge < -0.3 is 15.0 Å². The third-order valence-electron chi connectivity index (χ3n) is 5.86. The number of imidazole rings is 1. The Morgan fingerprint density at radius 2 is 2.21 bits per heavy atom. The van der Waals surface area contributed by atoms with Crippen molar-refractivity contribution < 1.29 is 9.53 Å². The van der Waals surface area contributed by atoms with Crippen molar-refractivity contribution in [1.82, 2.24) is 24.6 Å². The van der Waals surface area contributed by atoms with Crippen molar-refractivity contribution in [3.05, 3.63) is 51.7 Å². The fourth-order valence-electron chi connectivity index (χ4n) is 4.25. The summed E-state index contributed by atoms with van der Waals surface area (Å²) in [6.45, 7) is 1.31. The Hall–Kier alpha value is -2.87. The lowest BCUT2D eigenvalue weighted by Gasteiger charge is -2.22. The van der Waals surface area contributed by atoms with Gasteiger partial charge in [-0.05, 0) is 55.9 Å². The summed E-state index contributed by atoms with van der Waals surface area (Å²) in [5.74, 6) is -0.142. The van der Waals surface area contributed by atoms with E-state index in [9.17, 15) is 9.59 Å². The third-order valence-corrected chi connectivity index (χ3v) is 5.86. The van der Waals surface area contributed by atoms with Crippen LogP contribution in [0.4, 0.5) is 0 Å². The number of hydrogen-bond donors (Lipinski definition) is 2. The van der Waals surface area contributed by atoms with Gasteiger partial charge in [0.05, 0.1) is 35.9 Å². The molecule has 2 heterocycles. The van der Waals surface area contributed by atoms with E-state index in [0.29, 0.717) is 30.3 Å². The number of methoxy groups -OCH3 is 1. The quantitative estimate of drug-likeness (QED) is 0.670. The Morgan fingerprint density at radius 3 is 3.00 bits per heavy atom. The highest BCUT2D eigenvalue weighted by Gasteiger charge is 2.28. The molecule has 1 amide bonds.